The van der Waals surface area contributed by atoms with Gasteiger partial charge in [-0.25, -0.2) is 4.72 Å². The maximum Gasteiger partial charge on any atom is 0.277 e. The van der Waals surface area contributed by atoms with Crippen LogP contribution in [0.4, 0.5) is 0 Å². The molecule has 0 aromatic carbocycles. The second kappa shape index (κ2) is 5.54. The van der Waals surface area contributed by atoms with Crippen LogP contribution in [0.25, 0.3) is 0 Å². The largest absolute Gasteiger partial charge is 0.392 e. The Labute approximate surface area is 79.7 Å². The Kier molecular flexibility index (Phi) is 5.46. The van der Waals surface area contributed by atoms with Gasteiger partial charge in [0, 0.05) is 13.1 Å². The van der Waals surface area contributed by atoms with E-state index in [2.05, 4.69) is 9.44 Å². The second-order valence-corrected chi connectivity index (χ2v) is 5.03. The number of rotatable bonds is 6. The fourth-order valence-corrected chi connectivity index (χ4v) is 1.67. The Morgan fingerprint density at radius 2 is 1.62 bits per heavy atom. The van der Waals surface area contributed by atoms with Crippen LogP contribution in [0, 0.1) is 5.92 Å². The van der Waals surface area contributed by atoms with E-state index >= 15 is 0 Å². The van der Waals surface area contributed by atoms with Crippen molar-refractivity contribution in [3.8, 4) is 0 Å². The summed E-state index contributed by atoms with van der Waals surface area (Å²) in [4.78, 5) is 0. The lowest BCUT2D eigenvalue weighted by Crippen LogP contribution is -2.41. The highest BCUT2D eigenvalue weighted by Gasteiger charge is 2.09. The molecule has 0 bridgehead atoms. The van der Waals surface area contributed by atoms with Gasteiger partial charge in [0.25, 0.3) is 10.2 Å². The fraction of sp³-hybridized carbons (Fsp3) is 1.00. The Morgan fingerprint density at radius 3 is 2.00 bits per heavy atom. The minimum Gasteiger partial charge on any atom is -0.392 e. The number of nitrogens with one attached hydrogen (secondary N) is 2. The maximum absolute atomic E-state index is 11.1. The molecule has 6 heteroatoms. The quantitative estimate of drug-likeness (QED) is 0.550. The molecule has 0 amide bonds. The van der Waals surface area contributed by atoms with Crippen LogP contribution in [0.5, 0.6) is 0 Å². The number of aliphatic hydroxyl groups is 1. The van der Waals surface area contributed by atoms with Crippen LogP contribution in [0.2, 0.25) is 0 Å². The van der Waals surface area contributed by atoms with Crippen LogP contribution >= 0.6 is 0 Å². The molecule has 0 fully saturated rings. The molecular formula is C7H18N2O3S. The predicted molar refractivity (Wildman–Crippen MR) is 51.4 cm³/mol. The third kappa shape index (κ3) is 8.17. The van der Waals surface area contributed by atoms with Gasteiger partial charge in [-0.1, -0.05) is 13.8 Å². The highest BCUT2D eigenvalue weighted by Crippen LogP contribution is 1.89. The predicted octanol–water partition coefficient (Wildman–Crippen LogP) is -0.553. The van der Waals surface area contributed by atoms with Gasteiger partial charge in [0.2, 0.25) is 0 Å². The van der Waals surface area contributed by atoms with E-state index in [4.69, 9.17) is 5.11 Å². The van der Waals surface area contributed by atoms with Gasteiger partial charge in [0.15, 0.2) is 0 Å². The highest BCUT2D eigenvalue weighted by molar-refractivity contribution is 7.87. The average molecular weight is 210 g/mol. The minimum absolute atomic E-state index is 0.0351. The summed E-state index contributed by atoms with van der Waals surface area (Å²) in [5, 5.41) is 8.84. The van der Waals surface area contributed by atoms with Crippen molar-refractivity contribution in [2.75, 3.05) is 13.1 Å². The van der Waals surface area contributed by atoms with E-state index in [1.54, 1.807) is 0 Å². The van der Waals surface area contributed by atoms with Crippen LogP contribution in [0.1, 0.15) is 20.8 Å². The van der Waals surface area contributed by atoms with E-state index in [0.717, 1.165) is 0 Å². The summed E-state index contributed by atoms with van der Waals surface area (Å²) in [7, 11) is -3.43. The van der Waals surface area contributed by atoms with E-state index in [9.17, 15) is 8.42 Å². The molecule has 0 rings (SSSR count). The van der Waals surface area contributed by atoms with Crippen molar-refractivity contribution in [2.45, 2.75) is 26.9 Å². The van der Waals surface area contributed by atoms with Crippen molar-refractivity contribution in [3.05, 3.63) is 0 Å². The first-order chi connectivity index (χ1) is 5.83. The fourth-order valence-electron chi connectivity index (χ4n) is 0.558. The summed E-state index contributed by atoms with van der Waals surface area (Å²) < 4.78 is 26.8. The molecule has 0 aromatic rings. The van der Waals surface area contributed by atoms with Crippen molar-refractivity contribution in [3.63, 3.8) is 0 Å². The van der Waals surface area contributed by atoms with Crippen LogP contribution in [0.15, 0.2) is 0 Å². The lowest BCUT2D eigenvalue weighted by atomic mass is 10.2. The Morgan fingerprint density at radius 1 is 1.15 bits per heavy atom. The minimum atomic E-state index is -3.43. The zero-order valence-corrected chi connectivity index (χ0v) is 9.06. The molecule has 0 radical (unpaired) electrons. The van der Waals surface area contributed by atoms with Gasteiger partial charge in [-0.3, -0.25) is 0 Å². The number of aliphatic hydroxyl groups excluding tert-OH is 1. The van der Waals surface area contributed by atoms with Crippen LogP contribution in [-0.2, 0) is 10.2 Å². The summed E-state index contributed by atoms with van der Waals surface area (Å²) >= 11 is 0. The first-order valence-electron chi connectivity index (χ1n) is 4.26. The standard InChI is InChI=1S/C7H18N2O3S/c1-6(2)4-8-13(11,12)9-5-7(3)10/h6-10H,4-5H2,1-3H3. The average Bonchev–Trinajstić information content (AvgIpc) is 1.98. The van der Waals surface area contributed by atoms with Gasteiger partial charge >= 0.3 is 0 Å². The topological polar surface area (TPSA) is 78.4 Å². The van der Waals surface area contributed by atoms with E-state index in [1.165, 1.54) is 6.92 Å². The molecule has 0 aliphatic carbocycles. The highest BCUT2D eigenvalue weighted by atomic mass is 32.2. The number of hydrogen-bond donors (Lipinski definition) is 3. The molecule has 0 spiro atoms. The molecule has 0 heterocycles. The van der Waals surface area contributed by atoms with Crippen molar-refractivity contribution in [2.24, 2.45) is 5.92 Å². The van der Waals surface area contributed by atoms with E-state index in [0.29, 0.717) is 6.54 Å². The Balaban J connectivity index is 3.81. The van der Waals surface area contributed by atoms with E-state index < -0.39 is 16.3 Å². The second-order valence-electron chi connectivity index (χ2n) is 3.44. The zero-order chi connectivity index (χ0) is 10.5. The molecule has 3 N–H and O–H groups in total. The smallest absolute Gasteiger partial charge is 0.277 e. The van der Waals surface area contributed by atoms with Crippen molar-refractivity contribution < 1.29 is 13.5 Å². The van der Waals surface area contributed by atoms with Gasteiger partial charge in [0.05, 0.1) is 6.10 Å². The van der Waals surface area contributed by atoms with Crippen molar-refractivity contribution in [1.82, 2.24) is 9.44 Å². The molecule has 1 unspecified atom stereocenters. The van der Waals surface area contributed by atoms with Crippen LogP contribution in [0.3, 0.4) is 0 Å². The van der Waals surface area contributed by atoms with Gasteiger partial charge in [-0.15, -0.1) is 0 Å². The van der Waals surface area contributed by atoms with Gasteiger partial charge < -0.3 is 5.11 Å². The lowest BCUT2D eigenvalue weighted by molar-refractivity contribution is 0.198. The first-order valence-corrected chi connectivity index (χ1v) is 5.74. The van der Waals surface area contributed by atoms with Gasteiger partial charge in [-0.05, 0) is 12.8 Å². The summed E-state index contributed by atoms with van der Waals surface area (Å²) in [6.07, 6.45) is -0.671. The first kappa shape index (κ1) is 12.8. The van der Waals surface area contributed by atoms with Crippen molar-refractivity contribution >= 4 is 10.2 Å². The SMILES string of the molecule is CC(C)CNS(=O)(=O)NCC(C)O. The molecule has 1 atom stereocenters. The molecule has 80 valence electrons. The molecule has 13 heavy (non-hydrogen) atoms. The lowest BCUT2D eigenvalue weighted by Gasteiger charge is -2.10. The number of hydrogen-bond acceptors (Lipinski definition) is 3. The van der Waals surface area contributed by atoms with E-state index in [1.807, 2.05) is 13.8 Å². The van der Waals surface area contributed by atoms with Crippen LogP contribution in [-0.4, -0.2) is 32.7 Å². The third-order valence-electron chi connectivity index (χ3n) is 1.25. The molecule has 0 aliphatic rings. The normalized spacial score (nSPS) is 14.8. The molecule has 0 saturated heterocycles. The van der Waals surface area contributed by atoms with Gasteiger partial charge in [0.1, 0.15) is 0 Å². The summed E-state index contributed by atoms with van der Waals surface area (Å²) in [5.41, 5.74) is 0. The molecule has 0 aliphatic heterocycles. The molecular weight excluding hydrogens is 192 g/mol. The molecule has 0 aromatic heterocycles. The third-order valence-corrected chi connectivity index (χ3v) is 2.34. The summed E-state index contributed by atoms with van der Waals surface area (Å²) in [6, 6.07) is 0. The Hall–Kier alpha value is -0.170. The van der Waals surface area contributed by atoms with Crippen LogP contribution < -0.4 is 9.44 Å². The molecule has 5 nitrogen and oxygen atoms in total. The molecule has 0 saturated carbocycles. The monoisotopic (exact) mass is 210 g/mol. The van der Waals surface area contributed by atoms with Gasteiger partial charge in [-0.2, -0.15) is 13.1 Å². The zero-order valence-electron chi connectivity index (χ0n) is 8.24. The van der Waals surface area contributed by atoms with E-state index in [-0.39, 0.29) is 12.5 Å². The van der Waals surface area contributed by atoms with Crippen molar-refractivity contribution in [1.29, 1.82) is 0 Å². The Bertz CT molecular complexity index is 206. The maximum atomic E-state index is 11.1. The summed E-state index contributed by atoms with van der Waals surface area (Å²) in [5.74, 6) is 0.267. The summed E-state index contributed by atoms with van der Waals surface area (Å²) in [6.45, 7) is 5.78.